The number of H-pyrrole nitrogens is 2. The van der Waals surface area contributed by atoms with Gasteiger partial charge in [0.15, 0.2) is 0 Å². The minimum Gasteiger partial charge on any atom is -0.378 e. The molecular formula is C21H22N6O2. The number of hydrogen-bond acceptors (Lipinski definition) is 5. The number of amides is 1. The van der Waals surface area contributed by atoms with Gasteiger partial charge >= 0.3 is 0 Å². The third-order valence-corrected chi connectivity index (χ3v) is 5.32. The summed E-state index contributed by atoms with van der Waals surface area (Å²) in [6.45, 7) is 5.04. The average molecular weight is 390 g/mol. The van der Waals surface area contributed by atoms with Crippen molar-refractivity contribution >= 4 is 33.7 Å². The van der Waals surface area contributed by atoms with Gasteiger partial charge in [0.25, 0.3) is 5.91 Å². The fourth-order valence-corrected chi connectivity index (χ4v) is 3.73. The van der Waals surface area contributed by atoms with Crippen LogP contribution in [0.4, 0.5) is 5.82 Å². The van der Waals surface area contributed by atoms with Crippen LogP contribution in [0.2, 0.25) is 0 Å². The molecular weight excluding hydrogens is 368 g/mol. The summed E-state index contributed by atoms with van der Waals surface area (Å²) in [5.74, 6) is 0.922. The van der Waals surface area contributed by atoms with E-state index in [9.17, 15) is 4.79 Å². The molecule has 0 spiro atoms. The summed E-state index contributed by atoms with van der Waals surface area (Å²) in [5, 5.41) is 10.4. The van der Waals surface area contributed by atoms with Gasteiger partial charge in [0.1, 0.15) is 5.82 Å². The quantitative estimate of drug-likeness (QED) is 0.498. The van der Waals surface area contributed by atoms with E-state index in [1.54, 1.807) is 0 Å². The molecule has 1 atom stereocenters. The van der Waals surface area contributed by atoms with Gasteiger partial charge < -0.3 is 15.0 Å². The smallest absolute Gasteiger partial charge is 0.289 e. The first-order valence-electron chi connectivity index (χ1n) is 9.75. The Kier molecular flexibility index (Phi) is 4.40. The van der Waals surface area contributed by atoms with E-state index in [4.69, 9.17) is 4.74 Å². The molecule has 3 N–H and O–H groups in total. The van der Waals surface area contributed by atoms with Crippen molar-refractivity contribution in [3.63, 3.8) is 0 Å². The van der Waals surface area contributed by atoms with Gasteiger partial charge in [-0.3, -0.25) is 15.0 Å². The van der Waals surface area contributed by atoms with Crippen LogP contribution in [-0.4, -0.2) is 52.4 Å². The largest absolute Gasteiger partial charge is 0.378 e. The van der Waals surface area contributed by atoms with Gasteiger partial charge in [0.2, 0.25) is 5.82 Å². The minimum atomic E-state index is -0.277. The maximum absolute atomic E-state index is 12.7. The maximum Gasteiger partial charge on any atom is 0.289 e. The molecule has 0 radical (unpaired) electrons. The van der Waals surface area contributed by atoms with E-state index in [-0.39, 0.29) is 17.8 Å². The lowest BCUT2D eigenvalue weighted by Crippen LogP contribution is -2.36. The molecule has 29 heavy (non-hydrogen) atoms. The molecule has 8 heteroatoms. The van der Waals surface area contributed by atoms with Crippen LogP contribution in [0.25, 0.3) is 21.9 Å². The van der Waals surface area contributed by atoms with E-state index >= 15 is 0 Å². The molecule has 5 rings (SSSR count). The number of fused-ring (bicyclic) bond motifs is 2. The van der Waals surface area contributed by atoms with Crippen molar-refractivity contribution in [1.29, 1.82) is 0 Å². The van der Waals surface area contributed by atoms with Gasteiger partial charge in [-0.1, -0.05) is 30.3 Å². The third-order valence-electron chi connectivity index (χ3n) is 5.32. The molecule has 1 fully saturated rings. The van der Waals surface area contributed by atoms with E-state index in [0.29, 0.717) is 24.2 Å². The summed E-state index contributed by atoms with van der Waals surface area (Å²) in [6.07, 6.45) is 0. The lowest BCUT2D eigenvalue weighted by Gasteiger charge is -2.27. The molecule has 8 nitrogen and oxygen atoms in total. The lowest BCUT2D eigenvalue weighted by molar-refractivity contribution is 0.0930. The number of carbonyl (C=O) groups excluding carboxylic acids is 1. The Hall–Kier alpha value is -3.39. The molecule has 2 aromatic carbocycles. The van der Waals surface area contributed by atoms with Crippen molar-refractivity contribution in [2.45, 2.75) is 13.0 Å². The molecule has 0 bridgehead atoms. The number of nitrogens with one attached hydrogen (secondary N) is 3. The van der Waals surface area contributed by atoms with E-state index in [1.165, 1.54) is 0 Å². The van der Waals surface area contributed by atoms with Crippen molar-refractivity contribution < 1.29 is 9.53 Å². The monoisotopic (exact) mass is 390 g/mol. The van der Waals surface area contributed by atoms with E-state index in [0.717, 1.165) is 35.4 Å². The van der Waals surface area contributed by atoms with E-state index < -0.39 is 0 Å². The Labute approximate surface area is 167 Å². The van der Waals surface area contributed by atoms with Crippen LogP contribution in [0.3, 0.4) is 0 Å². The Morgan fingerprint density at radius 1 is 1.10 bits per heavy atom. The Balaban J connectivity index is 1.43. The highest BCUT2D eigenvalue weighted by atomic mass is 16.5. The molecule has 1 saturated heterocycles. The summed E-state index contributed by atoms with van der Waals surface area (Å²) >= 11 is 0. The first-order chi connectivity index (χ1) is 14.2. The number of hydrogen-bond donors (Lipinski definition) is 3. The van der Waals surface area contributed by atoms with Crippen LogP contribution in [0.5, 0.6) is 0 Å². The second kappa shape index (κ2) is 7.21. The number of benzene rings is 2. The SMILES string of the molecule is CC(NC(=O)c1nc2cc3[nH][nH]c(N4CCOCC4)c3cc2n1)c1ccccc1. The molecule has 0 aliphatic carbocycles. The van der Waals surface area contributed by atoms with E-state index in [2.05, 4.69) is 30.4 Å². The highest BCUT2D eigenvalue weighted by molar-refractivity contribution is 6.01. The Morgan fingerprint density at radius 3 is 2.59 bits per heavy atom. The molecule has 3 heterocycles. The van der Waals surface area contributed by atoms with Crippen LogP contribution < -0.4 is 10.2 Å². The Bertz CT molecular complexity index is 1160. The molecule has 1 amide bonds. The highest BCUT2D eigenvalue weighted by Crippen LogP contribution is 2.28. The van der Waals surface area contributed by atoms with Gasteiger partial charge in [0, 0.05) is 18.5 Å². The fraction of sp³-hybridized carbons (Fsp3) is 0.286. The van der Waals surface area contributed by atoms with Gasteiger partial charge in [-0.25, -0.2) is 9.97 Å². The Morgan fingerprint density at radius 2 is 1.83 bits per heavy atom. The molecule has 1 aliphatic rings. The number of carbonyl (C=O) groups is 1. The van der Waals surface area contributed by atoms with Crippen molar-refractivity contribution in [2.75, 3.05) is 31.2 Å². The maximum atomic E-state index is 12.7. The second-order valence-corrected chi connectivity index (χ2v) is 7.24. The third kappa shape index (κ3) is 3.31. The molecule has 148 valence electrons. The van der Waals surface area contributed by atoms with E-state index in [1.807, 2.05) is 49.4 Å². The number of rotatable bonds is 4. The predicted octanol–water partition coefficient (Wildman–Crippen LogP) is 2.77. The molecule has 4 aromatic rings. The van der Waals surface area contributed by atoms with Crippen LogP contribution in [0, 0.1) is 0 Å². The van der Waals surface area contributed by atoms with Gasteiger partial charge in [0.05, 0.1) is 35.8 Å². The second-order valence-electron chi connectivity index (χ2n) is 7.24. The summed E-state index contributed by atoms with van der Waals surface area (Å²) in [7, 11) is 0. The molecule has 1 aliphatic heterocycles. The van der Waals surface area contributed by atoms with Crippen molar-refractivity contribution in [3.05, 3.63) is 53.9 Å². The lowest BCUT2D eigenvalue weighted by atomic mass is 10.1. The fourth-order valence-electron chi connectivity index (χ4n) is 3.73. The van der Waals surface area contributed by atoms with Crippen molar-refractivity contribution in [1.82, 2.24) is 25.5 Å². The first-order valence-corrected chi connectivity index (χ1v) is 9.75. The van der Waals surface area contributed by atoms with Crippen LogP contribution in [0.15, 0.2) is 42.5 Å². The number of ether oxygens (including phenoxy) is 1. The number of morpholine rings is 1. The zero-order valence-electron chi connectivity index (χ0n) is 16.1. The predicted molar refractivity (Wildman–Crippen MR) is 111 cm³/mol. The van der Waals surface area contributed by atoms with Crippen molar-refractivity contribution in [3.8, 4) is 0 Å². The average Bonchev–Trinajstić information content (AvgIpc) is 3.36. The molecule has 2 aromatic heterocycles. The summed E-state index contributed by atoms with van der Waals surface area (Å²) in [6, 6.07) is 13.6. The van der Waals surface area contributed by atoms with Gasteiger partial charge in [-0.15, -0.1) is 0 Å². The number of aromatic nitrogens is 4. The standard InChI is InChI=1S/C21H22N6O2/c1-13(14-5-3-2-4-6-14)22-21(28)19-23-17-11-15-16(12-18(17)24-19)25-26-20(15)27-7-9-29-10-8-27/h2-6,11-13,25-26H,7-10H2,1H3,(H,22,28). The zero-order chi connectivity index (χ0) is 19.8. The number of anilines is 1. The zero-order valence-corrected chi connectivity index (χ0v) is 16.1. The number of imidazole rings is 1. The summed E-state index contributed by atoms with van der Waals surface area (Å²) in [4.78, 5) is 23.8. The first kappa shape index (κ1) is 17.7. The van der Waals surface area contributed by atoms with Crippen LogP contribution in [0.1, 0.15) is 29.1 Å². The summed E-state index contributed by atoms with van der Waals surface area (Å²) in [5.41, 5.74) is 3.37. The number of nitrogens with zero attached hydrogens (tertiary/aromatic N) is 3. The topological polar surface area (TPSA) is 98.9 Å². The molecule has 1 unspecified atom stereocenters. The van der Waals surface area contributed by atoms with Crippen LogP contribution in [-0.2, 0) is 4.74 Å². The van der Waals surface area contributed by atoms with Gasteiger partial charge in [-0.2, -0.15) is 0 Å². The summed E-state index contributed by atoms with van der Waals surface area (Å²) < 4.78 is 5.44. The number of aromatic amines is 2. The van der Waals surface area contributed by atoms with Crippen molar-refractivity contribution in [2.24, 2.45) is 0 Å². The molecule has 0 saturated carbocycles. The minimum absolute atomic E-state index is 0.123. The van der Waals surface area contributed by atoms with Gasteiger partial charge in [-0.05, 0) is 24.6 Å². The highest BCUT2D eigenvalue weighted by Gasteiger charge is 2.19. The van der Waals surface area contributed by atoms with Crippen LogP contribution >= 0.6 is 0 Å². The normalized spacial score (nSPS) is 15.7.